The van der Waals surface area contributed by atoms with E-state index in [4.69, 9.17) is 4.79 Å². The number of halogens is 1. The molecular weight excluding hydrogens is 283 g/mol. The molecule has 0 saturated heterocycles. The molecule has 0 atom stereocenters. The highest BCUT2D eigenvalue weighted by molar-refractivity contribution is 5.79. The van der Waals surface area contributed by atoms with Crippen molar-refractivity contribution in [2.75, 3.05) is 25.5 Å². The van der Waals surface area contributed by atoms with Gasteiger partial charge in [-0.1, -0.05) is 30.3 Å². The summed E-state index contributed by atoms with van der Waals surface area (Å²) in [4.78, 5) is 21.5. The molecule has 0 aliphatic carbocycles. The monoisotopic (exact) mass is 302 g/mol. The Kier molecular flexibility index (Phi) is 7.33. The Morgan fingerprint density at radius 3 is 2.41 bits per heavy atom. The standard InChI is InChI=1S/C15H14FNO.C2H5NO/c1-17(9-10-18)15-8-3-2-7-14(15)12-5-4-6-13(16)11-12;1-3-2-4/h2-8,10-11H,9H2,1H3;2H,1H3,(H,3,4). The number of benzene rings is 2. The zero-order chi connectivity index (χ0) is 16.4. The van der Waals surface area contributed by atoms with E-state index >= 15 is 0 Å². The molecule has 0 aliphatic rings. The van der Waals surface area contributed by atoms with Crippen molar-refractivity contribution < 1.29 is 14.0 Å². The van der Waals surface area contributed by atoms with E-state index in [9.17, 15) is 9.18 Å². The van der Waals surface area contributed by atoms with Crippen LogP contribution in [0.1, 0.15) is 0 Å². The highest BCUT2D eigenvalue weighted by Crippen LogP contribution is 2.30. The van der Waals surface area contributed by atoms with Crippen molar-refractivity contribution >= 4 is 18.4 Å². The highest BCUT2D eigenvalue weighted by atomic mass is 19.1. The smallest absolute Gasteiger partial charge is 0.206 e. The van der Waals surface area contributed by atoms with Crippen molar-refractivity contribution in [3.63, 3.8) is 0 Å². The van der Waals surface area contributed by atoms with Crippen LogP contribution in [0.15, 0.2) is 48.5 Å². The molecule has 1 amide bonds. The molecule has 116 valence electrons. The Morgan fingerprint density at radius 1 is 1.14 bits per heavy atom. The third kappa shape index (κ3) is 5.01. The van der Waals surface area contributed by atoms with Gasteiger partial charge in [-0.3, -0.25) is 4.79 Å². The number of para-hydroxylation sites is 1. The van der Waals surface area contributed by atoms with Gasteiger partial charge >= 0.3 is 0 Å². The lowest BCUT2D eigenvalue weighted by atomic mass is 10.0. The van der Waals surface area contributed by atoms with Crippen LogP contribution >= 0.6 is 0 Å². The molecule has 4 nitrogen and oxygen atoms in total. The summed E-state index contributed by atoms with van der Waals surface area (Å²) >= 11 is 0. The Morgan fingerprint density at radius 2 is 1.82 bits per heavy atom. The number of nitrogens with one attached hydrogen (secondary N) is 1. The van der Waals surface area contributed by atoms with Gasteiger partial charge in [0.1, 0.15) is 12.1 Å². The normalized spacial score (nSPS) is 9.23. The number of carbonyl (C=O) groups is 2. The summed E-state index contributed by atoms with van der Waals surface area (Å²) in [7, 11) is 3.40. The fourth-order valence-electron chi connectivity index (χ4n) is 1.92. The maximum atomic E-state index is 13.3. The second-order valence-corrected chi connectivity index (χ2v) is 4.48. The maximum Gasteiger partial charge on any atom is 0.206 e. The van der Waals surface area contributed by atoms with Gasteiger partial charge in [0, 0.05) is 25.3 Å². The van der Waals surface area contributed by atoms with Gasteiger partial charge in [0.2, 0.25) is 6.41 Å². The van der Waals surface area contributed by atoms with Crippen LogP contribution in [0.25, 0.3) is 11.1 Å². The molecule has 5 heteroatoms. The Bertz CT molecular complexity index is 617. The van der Waals surface area contributed by atoms with E-state index in [2.05, 4.69) is 5.32 Å². The molecule has 0 unspecified atom stereocenters. The molecule has 0 fully saturated rings. The van der Waals surface area contributed by atoms with Gasteiger partial charge < -0.3 is 15.0 Å². The van der Waals surface area contributed by atoms with Gasteiger partial charge in [-0.25, -0.2) is 4.39 Å². The number of nitrogens with zero attached hydrogens (tertiary/aromatic N) is 1. The first kappa shape index (κ1) is 17.4. The van der Waals surface area contributed by atoms with Crippen molar-refractivity contribution in [2.24, 2.45) is 0 Å². The predicted molar refractivity (Wildman–Crippen MR) is 86.3 cm³/mol. The Hall–Kier alpha value is -2.69. The lowest BCUT2D eigenvalue weighted by Crippen LogP contribution is -2.19. The first-order chi connectivity index (χ1) is 10.6. The predicted octanol–water partition coefficient (Wildman–Crippen LogP) is 2.49. The van der Waals surface area contributed by atoms with Gasteiger partial charge in [-0.2, -0.15) is 0 Å². The molecule has 1 N–H and O–H groups in total. The van der Waals surface area contributed by atoms with Gasteiger partial charge in [-0.15, -0.1) is 0 Å². The van der Waals surface area contributed by atoms with Crippen molar-refractivity contribution in [1.82, 2.24) is 5.32 Å². The summed E-state index contributed by atoms with van der Waals surface area (Å²) in [5.41, 5.74) is 2.64. The topological polar surface area (TPSA) is 49.4 Å². The number of likely N-dealkylation sites (N-methyl/N-ethyl adjacent to an activating group) is 1. The number of hydrogen-bond acceptors (Lipinski definition) is 3. The molecule has 2 aromatic rings. The van der Waals surface area contributed by atoms with Crippen LogP contribution in [0, 0.1) is 5.82 Å². The van der Waals surface area contributed by atoms with E-state index in [1.165, 1.54) is 12.1 Å². The maximum absolute atomic E-state index is 13.3. The van der Waals surface area contributed by atoms with Gasteiger partial charge in [0.05, 0.1) is 6.54 Å². The minimum atomic E-state index is -0.264. The van der Waals surface area contributed by atoms with Gasteiger partial charge in [-0.05, 0) is 23.8 Å². The summed E-state index contributed by atoms with van der Waals surface area (Å²) < 4.78 is 13.3. The second-order valence-electron chi connectivity index (χ2n) is 4.48. The molecule has 0 aromatic heterocycles. The molecule has 0 radical (unpaired) electrons. The highest BCUT2D eigenvalue weighted by Gasteiger charge is 2.08. The molecule has 0 saturated carbocycles. The van der Waals surface area contributed by atoms with E-state index in [-0.39, 0.29) is 5.82 Å². The average molecular weight is 302 g/mol. The molecule has 0 heterocycles. The summed E-state index contributed by atoms with van der Waals surface area (Å²) in [6.45, 7) is 0.312. The van der Waals surface area contributed by atoms with Crippen LogP contribution in [0.3, 0.4) is 0 Å². The number of amides is 1. The molecule has 0 aliphatic heterocycles. The number of aldehydes is 1. The summed E-state index contributed by atoms with van der Waals surface area (Å²) in [5, 5.41) is 2.25. The van der Waals surface area contributed by atoms with Crippen molar-refractivity contribution in [3.8, 4) is 11.1 Å². The van der Waals surface area contributed by atoms with Crippen LogP contribution in [0.2, 0.25) is 0 Å². The third-order valence-electron chi connectivity index (χ3n) is 2.92. The first-order valence-electron chi connectivity index (χ1n) is 6.74. The number of rotatable bonds is 5. The van der Waals surface area contributed by atoms with E-state index in [0.29, 0.717) is 13.0 Å². The summed E-state index contributed by atoms with van der Waals surface area (Å²) in [5.74, 6) is -0.264. The molecule has 0 bridgehead atoms. The van der Waals surface area contributed by atoms with Crippen LogP contribution in [0.5, 0.6) is 0 Å². The van der Waals surface area contributed by atoms with Crippen LogP contribution in [-0.2, 0) is 9.59 Å². The second kappa shape index (κ2) is 9.28. The van der Waals surface area contributed by atoms with E-state index in [1.54, 1.807) is 13.1 Å². The van der Waals surface area contributed by atoms with E-state index in [1.807, 2.05) is 42.3 Å². The minimum Gasteiger partial charge on any atom is -0.367 e. The van der Waals surface area contributed by atoms with Gasteiger partial charge in [0.15, 0.2) is 0 Å². The lowest BCUT2D eigenvalue weighted by Gasteiger charge is -2.20. The van der Waals surface area contributed by atoms with Crippen LogP contribution < -0.4 is 10.2 Å². The van der Waals surface area contributed by atoms with Crippen molar-refractivity contribution in [1.29, 1.82) is 0 Å². The molecule has 2 rings (SSSR count). The summed E-state index contributed by atoms with van der Waals surface area (Å²) in [6, 6.07) is 14.1. The Balaban J connectivity index is 0.000000541. The largest absolute Gasteiger partial charge is 0.367 e. The molecule has 22 heavy (non-hydrogen) atoms. The SMILES string of the molecule is CN(CC=O)c1ccccc1-c1cccc(F)c1.CNC=O. The van der Waals surface area contributed by atoms with E-state index in [0.717, 1.165) is 23.1 Å². The lowest BCUT2D eigenvalue weighted by molar-refractivity contribution is -0.109. The van der Waals surface area contributed by atoms with Gasteiger partial charge in [0.25, 0.3) is 0 Å². The molecule has 2 aromatic carbocycles. The zero-order valence-corrected chi connectivity index (χ0v) is 12.6. The molecule has 0 spiro atoms. The van der Waals surface area contributed by atoms with Crippen molar-refractivity contribution in [3.05, 3.63) is 54.3 Å². The Labute approximate surface area is 129 Å². The number of carbonyl (C=O) groups excluding carboxylic acids is 2. The summed E-state index contributed by atoms with van der Waals surface area (Å²) in [6.07, 6.45) is 1.47. The van der Waals surface area contributed by atoms with Crippen molar-refractivity contribution in [2.45, 2.75) is 0 Å². The fourth-order valence-corrected chi connectivity index (χ4v) is 1.92. The third-order valence-corrected chi connectivity index (χ3v) is 2.92. The zero-order valence-electron chi connectivity index (χ0n) is 12.6. The quantitative estimate of drug-likeness (QED) is 0.863. The minimum absolute atomic E-state index is 0.264. The fraction of sp³-hybridized carbons (Fsp3) is 0.176. The van der Waals surface area contributed by atoms with Crippen LogP contribution in [-0.4, -0.2) is 33.3 Å². The number of hydrogen-bond donors (Lipinski definition) is 1. The average Bonchev–Trinajstić information content (AvgIpc) is 2.55. The number of anilines is 1. The first-order valence-corrected chi connectivity index (χ1v) is 6.74. The van der Waals surface area contributed by atoms with E-state index < -0.39 is 0 Å². The van der Waals surface area contributed by atoms with Crippen LogP contribution in [0.4, 0.5) is 10.1 Å². The molecular formula is C17H19FN2O2.